The van der Waals surface area contributed by atoms with Gasteiger partial charge in [0, 0.05) is 35.4 Å². The molecule has 0 bridgehead atoms. The molecule has 0 saturated carbocycles. The van der Waals surface area contributed by atoms with Crippen LogP contribution >= 0.6 is 0 Å². The first kappa shape index (κ1) is 29.0. The van der Waals surface area contributed by atoms with Crippen LogP contribution in [0.3, 0.4) is 0 Å². The molecule has 5 nitrogen and oxygen atoms in total. The van der Waals surface area contributed by atoms with Gasteiger partial charge < -0.3 is 14.8 Å². The first-order chi connectivity index (χ1) is 15.3. The zero-order chi connectivity index (χ0) is 24.8. The molecule has 0 aromatic heterocycles. The number of nitrogens with zero attached hydrogens (tertiary/aromatic N) is 1. The molecule has 0 aromatic rings. The van der Waals surface area contributed by atoms with Gasteiger partial charge in [0.05, 0.1) is 18.8 Å². The average Bonchev–Trinajstić information content (AvgIpc) is 2.83. The average molecular weight is 469 g/mol. The maximum absolute atomic E-state index is 6.39. The highest BCUT2D eigenvalue weighted by Crippen LogP contribution is 2.38. The van der Waals surface area contributed by atoms with Crippen LogP contribution < -0.4 is 5.32 Å². The normalized spacial score (nSPS) is 29.4. The molecule has 0 amide bonds. The van der Waals surface area contributed by atoms with Gasteiger partial charge in [0.1, 0.15) is 0 Å². The van der Waals surface area contributed by atoms with E-state index >= 15 is 0 Å². The Labute approximate surface area is 205 Å². The van der Waals surface area contributed by atoms with Gasteiger partial charge >= 0.3 is 0 Å². The van der Waals surface area contributed by atoms with E-state index in [1.54, 1.807) is 0 Å². The predicted molar refractivity (Wildman–Crippen MR) is 139 cm³/mol. The van der Waals surface area contributed by atoms with Crippen molar-refractivity contribution < 1.29 is 14.3 Å². The molecule has 2 saturated heterocycles. The van der Waals surface area contributed by atoms with Crippen molar-refractivity contribution in [2.24, 2.45) is 0 Å². The molecule has 33 heavy (non-hydrogen) atoms. The van der Waals surface area contributed by atoms with Crippen LogP contribution in [-0.2, 0) is 14.3 Å². The second-order valence-corrected chi connectivity index (χ2v) is 13.2. The van der Waals surface area contributed by atoms with Gasteiger partial charge in [0.2, 0.25) is 0 Å². The third kappa shape index (κ3) is 9.76. The Morgan fingerprint density at radius 3 is 1.88 bits per heavy atom. The van der Waals surface area contributed by atoms with Crippen molar-refractivity contribution in [3.8, 4) is 0 Å². The van der Waals surface area contributed by atoms with Crippen LogP contribution in [0.2, 0.25) is 0 Å². The van der Waals surface area contributed by atoms with Crippen molar-refractivity contribution in [2.45, 2.75) is 161 Å². The molecule has 2 heterocycles. The summed E-state index contributed by atoms with van der Waals surface area (Å²) in [6, 6.07) is 0. The molecule has 0 radical (unpaired) electrons. The second kappa shape index (κ2) is 12.2. The van der Waals surface area contributed by atoms with Gasteiger partial charge in [-0.3, -0.25) is 4.84 Å². The van der Waals surface area contributed by atoms with Crippen LogP contribution in [0.1, 0.15) is 127 Å². The number of nitrogens with one attached hydrogen (secondary N) is 1. The summed E-state index contributed by atoms with van der Waals surface area (Å²) in [5, 5.41) is 6.07. The summed E-state index contributed by atoms with van der Waals surface area (Å²) in [5.74, 6) is 0. The van der Waals surface area contributed by atoms with Crippen molar-refractivity contribution in [3.05, 3.63) is 0 Å². The highest BCUT2D eigenvalue weighted by molar-refractivity contribution is 4.95. The number of hydrogen-bond donors (Lipinski definition) is 1. The third-order valence-electron chi connectivity index (χ3n) is 7.38. The van der Waals surface area contributed by atoms with Crippen LogP contribution in [0.15, 0.2) is 0 Å². The Bertz CT molecular complexity index is 573. The summed E-state index contributed by atoms with van der Waals surface area (Å²) < 4.78 is 12.7. The summed E-state index contributed by atoms with van der Waals surface area (Å²) in [6.45, 7) is 23.1. The molecule has 2 unspecified atom stereocenters. The number of hydroxylamine groups is 2. The number of rotatable bonds is 11. The second-order valence-electron chi connectivity index (χ2n) is 13.2. The Morgan fingerprint density at radius 1 is 0.697 bits per heavy atom. The van der Waals surface area contributed by atoms with Gasteiger partial charge in [-0.1, -0.05) is 13.3 Å². The van der Waals surface area contributed by atoms with E-state index in [0.29, 0.717) is 12.2 Å². The van der Waals surface area contributed by atoms with E-state index in [0.717, 1.165) is 84.0 Å². The van der Waals surface area contributed by atoms with E-state index in [9.17, 15) is 0 Å². The molecule has 0 aromatic carbocycles. The molecule has 2 atom stereocenters. The summed E-state index contributed by atoms with van der Waals surface area (Å²) in [7, 11) is 0. The first-order valence-corrected chi connectivity index (χ1v) is 13.7. The quantitative estimate of drug-likeness (QED) is 0.344. The SMILES string of the molecule is CCCCON1C(C)(C)CCC(OCCCCOC2CCC(C)(C)NC(C)(C)C2)CC1(C)C. The molecule has 2 rings (SSSR count). The van der Waals surface area contributed by atoms with E-state index in [-0.39, 0.29) is 22.2 Å². The molecule has 1 N–H and O–H groups in total. The number of unbranched alkanes of at least 4 members (excludes halogenated alkanes) is 2. The minimum absolute atomic E-state index is 0.0269. The summed E-state index contributed by atoms with van der Waals surface area (Å²) in [6.07, 6.45) is 11.7. The van der Waals surface area contributed by atoms with Crippen molar-refractivity contribution in [1.29, 1.82) is 0 Å². The van der Waals surface area contributed by atoms with E-state index in [2.05, 4.69) is 72.7 Å². The molecule has 5 heteroatoms. The van der Waals surface area contributed by atoms with Gasteiger partial charge in [-0.25, -0.2) is 0 Å². The molecule has 196 valence electrons. The zero-order valence-corrected chi connectivity index (χ0v) is 23.5. The maximum Gasteiger partial charge on any atom is 0.0685 e. The molecule has 0 spiro atoms. The van der Waals surface area contributed by atoms with Crippen molar-refractivity contribution in [3.63, 3.8) is 0 Å². The van der Waals surface area contributed by atoms with Crippen LogP contribution in [0.4, 0.5) is 0 Å². The lowest BCUT2D eigenvalue weighted by Crippen LogP contribution is -2.54. The zero-order valence-electron chi connectivity index (χ0n) is 23.5. The molecule has 2 aliphatic heterocycles. The maximum atomic E-state index is 6.39. The highest BCUT2D eigenvalue weighted by Gasteiger charge is 2.43. The van der Waals surface area contributed by atoms with Crippen LogP contribution in [0, 0.1) is 0 Å². The standard InChI is InChI=1S/C28H56N2O3/c1-10-11-20-33-30-27(6,7)17-15-24(22-28(30,8)9)32-19-13-12-18-31-23-14-16-25(2,3)29-26(4,5)21-23/h23-24,29H,10-22H2,1-9H3. The van der Waals surface area contributed by atoms with Gasteiger partial charge in [-0.2, -0.15) is 5.06 Å². The smallest absolute Gasteiger partial charge is 0.0685 e. The van der Waals surface area contributed by atoms with Crippen molar-refractivity contribution >= 4 is 0 Å². The minimum atomic E-state index is -0.0321. The number of ether oxygens (including phenoxy) is 2. The fourth-order valence-electron chi connectivity index (χ4n) is 6.04. The Kier molecular flexibility index (Phi) is 10.7. The largest absolute Gasteiger partial charge is 0.378 e. The minimum Gasteiger partial charge on any atom is -0.378 e. The molecule has 0 aliphatic carbocycles. The lowest BCUT2D eigenvalue weighted by atomic mass is 9.95. The molecule has 2 fully saturated rings. The van der Waals surface area contributed by atoms with E-state index in [1.807, 2.05) is 0 Å². The summed E-state index contributed by atoms with van der Waals surface area (Å²) >= 11 is 0. The van der Waals surface area contributed by atoms with Crippen molar-refractivity contribution in [1.82, 2.24) is 10.4 Å². The van der Waals surface area contributed by atoms with Gasteiger partial charge in [0.25, 0.3) is 0 Å². The van der Waals surface area contributed by atoms with Crippen LogP contribution in [-0.4, -0.2) is 59.2 Å². The predicted octanol–water partition coefficient (Wildman–Crippen LogP) is 6.64. The first-order valence-electron chi connectivity index (χ1n) is 13.7. The summed E-state index contributed by atoms with van der Waals surface area (Å²) in [5.41, 5.74) is 0.309. The highest BCUT2D eigenvalue weighted by atomic mass is 16.7. The molecular weight excluding hydrogens is 412 g/mol. The number of hydrogen-bond acceptors (Lipinski definition) is 5. The Hall–Kier alpha value is -0.200. The molecule has 2 aliphatic rings. The van der Waals surface area contributed by atoms with Gasteiger partial charge in [0.15, 0.2) is 0 Å². The lowest BCUT2D eigenvalue weighted by Gasteiger charge is -2.45. The fraction of sp³-hybridized carbons (Fsp3) is 1.00. The van der Waals surface area contributed by atoms with E-state index in [1.165, 1.54) is 0 Å². The fourth-order valence-corrected chi connectivity index (χ4v) is 6.04. The van der Waals surface area contributed by atoms with Crippen molar-refractivity contribution in [2.75, 3.05) is 19.8 Å². The lowest BCUT2D eigenvalue weighted by molar-refractivity contribution is -0.265. The van der Waals surface area contributed by atoms with Crippen LogP contribution in [0.25, 0.3) is 0 Å². The third-order valence-corrected chi connectivity index (χ3v) is 7.38. The molecular formula is C28H56N2O3. The topological polar surface area (TPSA) is 43.0 Å². The van der Waals surface area contributed by atoms with E-state index < -0.39 is 0 Å². The van der Waals surface area contributed by atoms with Crippen LogP contribution in [0.5, 0.6) is 0 Å². The summed E-state index contributed by atoms with van der Waals surface area (Å²) in [4.78, 5) is 6.29. The van der Waals surface area contributed by atoms with Gasteiger partial charge in [-0.05, 0) is 113 Å². The Morgan fingerprint density at radius 2 is 1.27 bits per heavy atom. The van der Waals surface area contributed by atoms with Gasteiger partial charge in [-0.15, -0.1) is 0 Å². The van der Waals surface area contributed by atoms with E-state index in [4.69, 9.17) is 14.3 Å². The Balaban J connectivity index is 1.72. The monoisotopic (exact) mass is 468 g/mol.